The molecule has 3 N–H and O–H groups in total. The number of nitrogen functional groups attached to an aromatic ring is 1. The van der Waals surface area contributed by atoms with Gasteiger partial charge >= 0.3 is 0 Å². The van der Waals surface area contributed by atoms with Gasteiger partial charge in [0.25, 0.3) is 0 Å². The zero-order chi connectivity index (χ0) is 18.6. The molecule has 6 nitrogen and oxygen atoms in total. The van der Waals surface area contributed by atoms with Crippen LogP contribution < -0.4 is 16.0 Å². The molecule has 1 aliphatic heterocycles. The molecule has 1 aromatic carbocycles. The summed E-state index contributed by atoms with van der Waals surface area (Å²) in [6.45, 7) is 4.81. The third kappa shape index (κ3) is 4.28. The molecule has 3 aromatic rings. The molecular weight excluding hydrogens is 336 g/mol. The van der Waals surface area contributed by atoms with E-state index in [4.69, 9.17) is 5.73 Å². The highest BCUT2D eigenvalue weighted by molar-refractivity contribution is 5.43. The summed E-state index contributed by atoms with van der Waals surface area (Å²) in [6.07, 6.45) is 6.34. The number of benzene rings is 1. The van der Waals surface area contributed by atoms with Crippen molar-refractivity contribution in [2.45, 2.75) is 32.4 Å². The van der Waals surface area contributed by atoms with Crippen molar-refractivity contribution >= 4 is 11.8 Å². The fourth-order valence-corrected chi connectivity index (χ4v) is 3.65. The lowest BCUT2D eigenvalue weighted by molar-refractivity contribution is 0.412. The number of nitrogens with one attached hydrogen (secondary N) is 1. The Bertz CT molecular complexity index is 861. The van der Waals surface area contributed by atoms with Gasteiger partial charge in [0.2, 0.25) is 5.95 Å². The molecule has 0 bridgehead atoms. The van der Waals surface area contributed by atoms with Crippen LogP contribution in [0.5, 0.6) is 0 Å². The SMILES string of the molecule is Cc1cc(N2CCC(NCc3cccc(-n4cccc4)c3)CC2)nc(N)n1. The molecule has 0 amide bonds. The molecule has 0 atom stereocenters. The van der Waals surface area contributed by atoms with E-state index >= 15 is 0 Å². The zero-order valence-electron chi connectivity index (χ0n) is 15.7. The second-order valence-electron chi connectivity index (χ2n) is 7.13. The van der Waals surface area contributed by atoms with E-state index < -0.39 is 0 Å². The van der Waals surface area contributed by atoms with Gasteiger partial charge in [0.15, 0.2) is 0 Å². The summed E-state index contributed by atoms with van der Waals surface area (Å²) in [5.74, 6) is 1.30. The van der Waals surface area contributed by atoms with Gasteiger partial charge < -0.3 is 20.5 Å². The lowest BCUT2D eigenvalue weighted by Crippen LogP contribution is -2.42. The monoisotopic (exact) mass is 362 g/mol. The summed E-state index contributed by atoms with van der Waals surface area (Å²) >= 11 is 0. The van der Waals surface area contributed by atoms with E-state index in [2.05, 4.69) is 61.4 Å². The van der Waals surface area contributed by atoms with Crippen LogP contribution in [0.4, 0.5) is 11.8 Å². The van der Waals surface area contributed by atoms with Gasteiger partial charge in [-0.25, -0.2) is 4.98 Å². The predicted octanol–water partition coefficient (Wildman–Crippen LogP) is 2.92. The average Bonchev–Trinajstić information content (AvgIpc) is 3.21. The van der Waals surface area contributed by atoms with Crippen molar-refractivity contribution in [2.75, 3.05) is 23.7 Å². The first-order chi connectivity index (χ1) is 13.2. The molecule has 0 saturated carbocycles. The van der Waals surface area contributed by atoms with E-state index in [-0.39, 0.29) is 0 Å². The lowest BCUT2D eigenvalue weighted by atomic mass is 10.0. The molecule has 27 heavy (non-hydrogen) atoms. The average molecular weight is 362 g/mol. The van der Waals surface area contributed by atoms with Gasteiger partial charge in [-0.1, -0.05) is 12.1 Å². The van der Waals surface area contributed by atoms with Crippen molar-refractivity contribution in [1.29, 1.82) is 0 Å². The Morgan fingerprint density at radius 2 is 1.85 bits per heavy atom. The van der Waals surface area contributed by atoms with Crippen molar-refractivity contribution in [3.05, 3.63) is 66.1 Å². The smallest absolute Gasteiger partial charge is 0.222 e. The third-order valence-electron chi connectivity index (χ3n) is 5.08. The summed E-state index contributed by atoms with van der Waals surface area (Å²) in [6, 6.07) is 15.3. The number of nitrogens with zero attached hydrogens (tertiary/aromatic N) is 4. The Labute approximate surface area is 160 Å². The maximum atomic E-state index is 5.79. The molecule has 4 rings (SSSR count). The van der Waals surface area contributed by atoms with Crippen LogP contribution in [0.15, 0.2) is 54.9 Å². The second kappa shape index (κ2) is 7.80. The molecule has 0 aliphatic carbocycles. The van der Waals surface area contributed by atoms with Crippen LogP contribution >= 0.6 is 0 Å². The van der Waals surface area contributed by atoms with E-state index in [0.717, 1.165) is 44.0 Å². The standard InChI is InChI=1S/C21H26N6/c1-16-13-20(25-21(22)24-16)27-11-7-18(8-12-27)23-15-17-5-4-6-19(14-17)26-9-2-3-10-26/h2-6,9-10,13-14,18,23H,7-8,11-12,15H2,1H3,(H2,22,24,25). The van der Waals surface area contributed by atoms with Crippen LogP contribution in [0.3, 0.4) is 0 Å². The Hall–Kier alpha value is -2.86. The van der Waals surface area contributed by atoms with Gasteiger partial charge in [-0.3, -0.25) is 0 Å². The molecule has 0 radical (unpaired) electrons. The van der Waals surface area contributed by atoms with E-state index in [9.17, 15) is 0 Å². The van der Waals surface area contributed by atoms with Crippen LogP contribution in [0.1, 0.15) is 24.1 Å². The quantitative estimate of drug-likeness (QED) is 0.730. The minimum absolute atomic E-state index is 0.354. The van der Waals surface area contributed by atoms with Crippen molar-refractivity contribution in [3.8, 4) is 5.69 Å². The number of aryl methyl sites for hydroxylation is 1. The summed E-state index contributed by atoms with van der Waals surface area (Å²) in [4.78, 5) is 10.8. The van der Waals surface area contributed by atoms with E-state index in [0.29, 0.717) is 12.0 Å². The van der Waals surface area contributed by atoms with Gasteiger partial charge in [-0.2, -0.15) is 4.98 Å². The summed E-state index contributed by atoms with van der Waals surface area (Å²) in [5, 5.41) is 3.71. The second-order valence-corrected chi connectivity index (χ2v) is 7.13. The van der Waals surface area contributed by atoms with Crippen molar-refractivity contribution in [1.82, 2.24) is 19.9 Å². The number of piperidine rings is 1. The van der Waals surface area contributed by atoms with Crippen LogP contribution in [0, 0.1) is 6.92 Å². The fraction of sp³-hybridized carbons (Fsp3) is 0.333. The van der Waals surface area contributed by atoms with Gasteiger partial charge in [0.1, 0.15) is 5.82 Å². The van der Waals surface area contributed by atoms with E-state index in [1.165, 1.54) is 11.3 Å². The normalized spacial score (nSPS) is 15.2. The fourth-order valence-electron chi connectivity index (χ4n) is 3.65. The number of nitrogens with two attached hydrogens (primary N) is 1. The molecule has 6 heteroatoms. The first-order valence-electron chi connectivity index (χ1n) is 9.49. The van der Waals surface area contributed by atoms with E-state index in [1.54, 1.807) is 0 Å². The Morgan fingerprint density at radius 3 is 2.59 bits per heavy atom. The van der Waals surface area contributed by atoms with Crippen LogP contribution in [0.2, 0.25) is 0 Å². The van der Waals surface area contributed by atoms with E-state index in [1.807, 2.05) is 25.1 Å². The van der Waals surface area contributed by atoms with Crippen molar-refractivity contribution < 1.29 is 0 Å². The Morgan fingerprint density at radius 1 is 1.07 bits per heavy atom. The number of anilines is 2. The predicted molar refractivity (Wildman–Crippen MR) is 109 cm³/mol. The van der Waals surface area contributed by atoms with Crippen LogP contribution in [-0.4, -0.2) is 33.7 Å². The van der Waals surface area contributed by atoms with Gasteiger partial charge in [0, 0.05) is 55.5 Å². The van der Waals surface area contributed by atoms with Crippen LogP contribution in [-0.2, 0) is 6.54 Å². The highest BCUT2D eigenvalue weighted by atomic mass is 15.2. The van der Waals surface area contributed by atoms with Crippen molar-refractivity contribution in [2.24, 2.45) is 0 Å². The highest BCUT2D eigenvalue weighted by Crippen LogP contribution is 2.20. The minimum atomic E-state index is 0.354. The van der Waals surface area contributed by atoms with Gasteiger partial charge in [-0.05, 0) is 49.6 Å². The lowest BCUT2D eigenvalue weighted by Gasteiger charge is -2.33. The largest absolute Gasteiger partial charge is 0.368 e. The third-order valence-corrected chi connectivity index (χ3v) is 5.08. The number of rotatable bonds is 5. The number of aromatic nitrogens is 3. The Balaban J connectivity index is 1.31. The molecule has 0 spiro atoms. The zero-order valence-corrected chi connectivity index (χ0v) is 15.7. The van der Waals surface area contributed by atoms with Crippen LogP contribution in [0.25, 0.3) is 5.69 Å². The summed E-state index contributed by atoms with van der Waals surface area (Å²) < 4.78 is 2.14. The molecule has 2 aromatic heterocycles. The summed E-state index contributed by atoms with van der Waals surface area (Å²) in [7, 11) is 0. The number of hydrogen-bond donors (Lipinski definition) is 2. The molecule has 1 fully saturated rings. The van der Waals surface area contributed by atoms with Gasteiger partial charge in [-0.15, -0.1) is 0 Å². The van der Waals surface area contributed by atoms with Gasteiger partial charge in [0.05, 0.1) is 0 Å². The molecule has 0 unspecified atom stereocenters. The Kier molecular flexibility index (Phi) is 5.07. The highest BCUT2D eigenvalue weighted by Gasteiger charge is 2.20. The first kappa shape index (κ1) is 17.5. The molecule has 3 heterocycles. The minimum Gasteiger partial charge on any atom is -0.368 e. The first-order valence-corrected chi connectivity index (χ1v) is 9.49. The maximum absolute atomic E-state index is 5.79. The molecule has 1 saturated heterocycles. The topological polar surface area (TPSA) is 72.0 Å². The molecule has 1 aliphatic rings. The maximum Gasteiger partial charge on any atom is 0.222 e. The van der Waals surface area contributed by atoms with Crippen molar-refractivity contribution in [3.63, 3.8) is 0 Å². The molecule has 140 valence electrons. The summed E-state index contributed by atoms with van der Waals surface area (Å²) in [5.41, 5.74) is 9.21. The molecular formula is C21H26N6. The number of hydrogen-bond acceptors (Lipinski definition) is 5.